The van der Waals surface area contributed by atoms with Gasteiger partial charge in [0.05, 0.1) is 0 Å². The highest BCUT2D eigenvalue weighted by atomic mass is 16.4. The van der Waals surface area contributed by atoms with Gasteiger partial charge in [-0.1, -0.05) is 6.42 Å². The molecule has 1 saturated heterocycles. The minimum Gasteiger partial charge on any atom is -0.480 e. The lowest BCUT2D eigenvalue weighted by Gasteiger charge is -2.31. The molecule has 2 fully saturated rings. The molecule has 21 heavy (non-hydrogen) atoms. The lowest BCUT2D eigenvalue weighted by Crippen LogP contribution is -2.53. The number of nitrogens with two attached hydrogens (primary N) is 2. The molecule has 1 aliphatic heterocycles. The summed E-state index contributed by atoms with van der Waals surface area (Å²) >= 11 is 0. The summed E-state index contributed by atoms with van der Waals surface area (Å²) in [5.41, 5.74) is 10.1. The van der Waals surface area contributed by atoms with Crippen LogP contribution in [-0.2, 0) is 4.79 Å². The first-order valence-electron chi connectivity index (χ1n) is 7.18. The van der Waals surface area contributed by atoms with Crippen LogP contribution >= 0.6 is 0 Å². The van der Waals surface area contributed by atoms with E-state index in [1.165, 1.54) is 4.90 Å². The van der Waals surface area contributed by atoms with Gasteiger partial charge in [-0.05, 0) is 36.9 Å². The van der Waals surface area contributed by atoms with Crippen molar-refractivity contribution < 1.29 is 24.7 Å². The van der Waals surface area contributed by atoms with Crippen LogP contribution in [0.4, 0.5) is 4.79 Å². The van der Waals surface area contributed by atoms with E-state index in [0.29, 0.717) is 32.4 Å². The molecule has 2 rings (SSSR count). The Morgan fingerprint density at radius 3 is 2.52 bits per heavy atom. The van der Waals surface area contributed by atoms with Crippen molar-refractivity contribution in [3.05, 3.63) is 0 Å². The number of urea groups is 1. The number of carboxylic acids is 1. The van der Waals surface area contributed by atoms with Crippen molar-refractivity contribution in [1.29, 1.82) is 0 Å². The largest absolute Gasteiger partial charge is 0.480 e. The normalized spacial score (nSPS) is 34.8. The quantitative estimate of drug-likeness (QED) is 0.397. The number of amides is 2. The lowest BCUT2D eigenvalue weighted by atomic mass is 9.76. The Morgan fingerprint density at radius 1 is 1.33 bits per heavy atom. The highest BCUT2D eigenvalue weighted by molar-refractivity contribution is 6.40. The Morgan fingerprint density at radius 2 is 2.00 bits per heavy atom. The Labute approximate surface area is 123 Å². The second-order valence-electron chi connectivity index (χ2n) is 6.23. The molecule has 0 radical (unpaired) electrons. The summed E-state index contributed by atoms with van der Waals surface area (Å²) in [5, 5.41) is 27.3. The molecule has 0 aromatic carbocycles. The van der Waals surface area contributed by atoms with Crippen molar-refractivity contribution in [2.75, 3.05) is 13.1 Å². The molecule has 0 bridgehead atoms. The molecular formula is C12H22BN3O5. The number of hydrogen-bond donors (Lipinski definition) is 5. The minimum absolute atomic E-state index is 0.00874. The van der Waals surface area contributed by atoms with Crippen LogP contribution in [0.2, 0.25) is 6.32 Å². The fraction of sp³-hybridized carbons (Fsp3) is 0.833. The summed E-state index contributed by atoms with van der Waals surface area (Å²) in [6, 6.07) is -0.494. The fourth-order valence-electron chi connectivity index (χ4n) is 3.95. The number of carboxylic acid groups (broad SMARTS) is 1. The summed E-state index contributed by atoms with van der Waals surface area (Å²) < 4.78 is 0. The molecule has 8 nitrogen and oxygen atoms in total. The van der Waals surface area contributed by atoms with E-state index in [2.05, 4.69) is 0 Å². The molecule has 0 spiro atoms. The second-order valence-corrected chi connectivity index (χ2v) is 6.23. The van der Waals surface area contributed by atoms with Crippen LogP contribution in [0.5, 0.6) is 0 Å². The molecule has 4 unspecified atom stereocenters. The first-order valence-corrected chi connectivity index (χ1v) is 7.18. The zero-order chi connectivity index (χ0) is 15.8. The molecule has 2 aliphatic rings. The first-order chi connectivity index (χ1) is 9.75. The number of fused-ring (bicyclic) bond motifs is 1. The first kappa shape index (κ1) is 16.1. The van der Waals surface area contributed by atoms with Gasteiger partial charge in [0, 0.05) is 13.1 Å². The van der Waals surface area contributed by atoms with Gasteiger partial charge in [0.2, 0.25) is 0 Å². The van der Waals surface area contributed by atoms with Gasteiger partial charge in [0.1, 0.15) is 5.54 Å². The molecule has 1 heterocycles. The molecule has 1 aliphatic carbocycles. The average Bonchev–Trinajstić information content (AvgIpc) is 2.87. The Kier molecular flexibility index (Phi) is 4.45. The van der Waals surface area contributed by atoms with Crippen LogP contribution in [-0.4, -0.2) is 57.8 Å². The third-order valence-corrected chi connectivity index (χ3v) is 4.96. The van der Waals surface area contributed by atoms with Crippen molar-refractivity contribution >= 4 is 19.1 Å². The van der Waals surface area contributed by atoms with Crippen LogP contribution in [0.3, 0.4) is 0 Å². The predicted molar refractivity (Wildman–Crippen MR) is 75.0 cm³/mol. The summed E-state index contributed by atoms with van der Waals surface area (Å²) in [4.78, 5) is 24.4. The molecule has 0 aromatic heterocycles. The van der Waals surface area contributed by atoms with Gasteiger partial charge < -0.3 is 31.5 Å². The standard InChI is InChI=1S/C12H22BN3O5/c14-11(19)16-5-7-4-12(15,10(17)18)9(8(7)6-16)2-1-3-13(20)21/h7-9,20-21H,1-6,15H2,(H2,14,19)(H,17,18). The SMILES string of the molecule is NC(=O)N1CC2CC(N)(C(=O)O)C(CCCB(O)O)C2C1. The van der Waals surface area contributed by atoms with Gasteiger partial charge in [-0.3, -0.25) is 4.79 Å². The maximum absolute atomic E-state index is 11.5. The zero-order valence-corrected chi connectivity index (χ0v) is 11.8. The lowest BCUT2D eigenvalue weighted by molar-refractivity contribution is -0.145. The summed E-state index contributed by atoms with van der Waals surface area (Å²) in [5.74, 6) is -1.27. The van der Waals surface area contributed by atoms with E-state index in [4.69, 9.17) is 21.5 Å². The number of hydrogen-bond acceptors (Lipinski definition) is 5. The number of aliphatic carboxylic acids is 1. The second kappa shape index (κ2) is 5.82. The number of carbonyl (C=O) groups excluding carboxylic acids is 1. The predicted octanol–water partition coefficient (Wildman–Crippen LogP) is -1.33. The monoisotopic (exact) mass is 299 g/mol. The van der Waals surface area contributed by atoms with Crippen LogP contribution < -0.4 is 11.5 Å². The van der Waals surface area contributed by atoms with Gasteiger partial charge in [-0.15, -0.1) is 0 Å². The summed E-state index contributed by atoms with van der Waals surface area (Å²) in [6.45, 7) is 0.879. The third-order valence-electron chi connectivity index (χ3n) is 4.96. The Balaban J connectivity index is 2.10. The fourth-order valence-corrected chi connectivity index (χ4v) is 3.95. The minimum atomic E-state index is -1.40. The third kappa shape index (κ3) is 2.99. The van der Waals surface area contributed by atoms with Gasteiger partial charge >= 0.3 is 19.1 Å². The molecule has 118 valence electrons. The van der Waals surface area contributed by atoms with Crippen LogP contribution in [0.1, 0.15) is 19.3 Å². The van der Waals surface area contributed by atoms with Crippen molar-refractivity contribution in [3.63, 3.8) is 0 Å². The highest BCUT2D eigenvalue weighted by Crippen LogP contribution is 2.49. The Hall–Kier alpha value is -1.32. The molecular weight excluding hydrogens is 277 g/mol. The van der Waals surface area contributed by atoms with E-state index in [9.17, 15) is 14.7 Å². The van der Waals surface area contributed by atoms with Gasteiger partial charge in [0.25, 0.3) is 0 Å². The topological polar surface area (TPSA) is 150 Å². The van der Waals surface area contributed by atoms with Gasteiger partial charge in [-0.25, -0.2) is 4.79 Å². The van der Waals surface area contributed by atoms with Crippen LogP contribution in [0, 0.1) is 17.8 Å². The molecule has 1 saturated carbocycles. The summed E-state index contributed by atoms with van der Waals surface area (Å²) in [7, 11) is -1.40. The number of nitrogens with zero attached hydrogens (tertiary/aromatic N) is 1. The summed E-state index contributed by atoms with van der Waals surface area (Å²) in [6.07, 6.45) is 1.48. The molecule has 0 aromatic rings. The van der Waals surface area contributed by atoms with Crippen molar-refractivity contribution in [1.82, 2.24) is 4.90 Å². The number of carbonyl (C=O) groups is 2. The van der Waals surface area contributed by atoms with Crippen molar-refractivity contribution in [2.24, 2.45) is 29.2 Å². The van der Waals surface area contributed by atoms with Crippen molar-refractivity contribution in [3.8, 4) is 0 Å². The van der Waals surface area contributed by atoms with Gasteiger partial charge in [-0.2, -0.15) is 0 Å². The van der Waals surface area contributed by atoms with Crippen LogP contribution in [0.25, 0.3) is 0 Å². The highest BCUT2D eigenvalue weighted by Gasteiger charge is 2.58. The zero-order valence-electron chi connectivity index (χ0n) is 11.8. The van der Waals surface area contributed by atoms with E-state index in [1.807, 2.05) is 0 Å². The van der Waals surface area contributed by atoms with E-state index >= 15 is 0 Å². The van der Waals surface area contributed by atoms with E-state index in [1.54, 1.807) is 0 Å². The van der Waals surface area contributed by atoms with E-state index < -0.39 is 24.7 Å². The molecule has 4 atom stereocenters. The molecule has 9 heteroatoms. The number of primary amides is 1. The average molecular weight is 299 g/mol. The maximum Gasteiger partial charge on any atom is 0.451 e. The molecule has 7 N–H and O–H groups in total. The van der Waals surface area contributed by atoms with E-state index in [-0.39, 0.29) is 24.1 Å². The Bertz CT molecular complexity index is 435. The number of rotatable bonds is 5. The van der Waals surface area contributed by atoms with Gasteiger partial charge in [0.15, 0.2) is 0 Å². The van der Waals surface area contributed by atoms with Crippen LogP contribution in [0.15, 0.2) is 0 Å². The number of likely N-dealkylation sites (tertiary alicyclic amines) is 1. The maximum atomic E-state index is 11.5. The van der Waals surface area contributed by atoms with E-state index in [0.717, 1.165) is 0 Å². The smallest absolute Gasteiger partial charge is 0.451 e. The van der Waals surface area contributed by atoms with Crippen molar-refractivity contribution in [2.45, 2.75) is 31.1 Å². The molecule has 2 amide bonds.